The molecule has 2 N–H and O–H groups in total. The van der Waals surface area contributed by atoms with Crippen molar-refractivity contribution in [2.75, 3.05) is 26.8 Å². The molecule has 30 heavy (non-hydrogen) atoms. The minimum atomic E-state index is 0. The molecular formula is C23H36IN5O. The zero-order valence-electron chi connectivity index (χ0n) is 18.7. The van der Waals surface area contributed by atoms with Crippen molar-refractivity contribution in [2.45, 2.75) is 53.0 Å². The van der Waals surface area contributed by atoms with Crippen molar-refractivity contribution in [3.05, 3.63) is 47.3 Å². The molecule has 1 saturated carbocycles. The predicted molar refractivity (Wildman–Crippen MR) is 134 cm³/mol. The van der Waals surface area contributed by atoms with Crippen LogP contribution in [0.3, 0.4) is 0 Å². The van der Waals surface area contributed by atoms with Crippen LogP contribution in [0.2, 0.25) is 0 Å². The smallest absolute Gasteiger partial charge is 0.191 e. The van der Waals surface area contributed by atoms with Crippen LogP contribution in [-0.4, -0.2) is 42.5 Å². The van der Waals surface area contributed by atoms with Crippen molar-refractivity contribution in [1.82, 2.24) is 20.4 Å². The first kappa shape index (κ1) is 24.7. The van der Waals surface area contributed by atoms with Crippen LogP contribution in [0.5, 0.6) is 0 Å². The van der Waals surface area contributed by atoms with Gasteiger partial charge in [-0.15, -0.1) is 24.0 Å². The van der Waals surface area contributed by atoms with Crippen LogP contribution in [0, 0.1) is 19.3 Å². The maximum atomic E-state index is 5.32. The molecule has 3 rings (SSSR count). The van der Waals surface area contributed by atoms with Crippen molar-refractivity contribution < 1.29 is 4.74 Å². The monoisotopic (exact) mass is 525 g/mol. The molecule has 0 amide bonds. The maximum absolute atomic E-state index is 5.32. The minimum absolute atomic E-state index is 0. The van der Waals surface area contributed by atoms with E-state index in [4.69, 9.17) is 9.73 Å². The summed E-state index contributed by atoms with van der Waals surface area (Å²) < 4.78 is 7.33. The number of hydrogen-bond acceptors (Lipinski definition) is 3. The molecule has 1 heterocycles. The molecule has 166 valence electrons. The van der Waals surface area contributed by atoms with Gasteiger partial charge in [0.1, 0.15) is 0 Å². The van der Waals surface area contributed by atoms with Gasteiger partial charge in [0.2, 0.25) is 0 Å². The molecule has 0 atom stereocenters. The number of aliphatic imine (C=N–C) groups is 1. The Morgan fingerprint density at radius 2 is 2.00 bits per heavy atom. The number of methoxy groups -OCH3 is 1. The van der Waals surface area contributed by atoms with Crippen LogP contribution < -0.4 is 10.6 Å². The van der Waals surface area contributed by atoms with E-state index in [0.717, 1.165) is 54.7 Å². The third-order valence-corrected chi connectivity index (χ3v) is 5.86. The van der Waals surface area contributed by atoms with Crippen LogP contribution in [0.4, 0.5) is 0 Å². The molecule has 2 aromatic rings. The van der Waals surface area contributed by atoms with Gasteiger partial charge < -0.3 is 15.4 Å². The highest BCUT2D eigenvalue weighted by atomic mass is 127. The molecule has 7 heteroatoms. The Morgan fingerprint density at radius 3 is 2.60 bits per heavy atom. The number of nitrogens with one attached hydrogen (secondary N) is 2. The quantitative estimate of drug-likeness (QED) is 0.290. The van der Waals surface area contributed by atoms with E-state index in [1.54, 1.807) is 7.11 Å². The lowest BCUT2D eigenvalue weighted by Gasteiger charge is -2.42. The average molecular weight is 525 g/mol. The van der Waals surface area contributed by atoms with Gasteiger partial charge in [0.05, 0.1) is 17.9 Å². The highest BCUT2D eigenvalue weighted by molar-refractivity contribution is 14.0. The molecule has 1 fully saturated rings. The van der Waals surface area contributed by atoms with Crippen LogP contribution >= 0.6 is 24.0 Å². The third kappa shape index (κ3) is 6.20. The summed E-state index contributed by atoms with van der Waals surface area (Å²) in [6.45, 7) is 9.43. The zero-order valence-corrected chi connectivity index (χ0v) is 21.0. The summed E-state index contributed by atoms with van der Waals surface area (Å²) >= 11 is 0. The summed E-state index contributed by atoms with van der Waals surface area (Å²) in [7, 11) is 1.78. The number of para-hydroxylation sites is 1. The van der Waals surface area contributed by atoms with Gasteiger partial charge in [-0.1, -0.05) is 24.6 Å². The second-order valence-corrected chi connectivity index (χ2v) is 8.11. The summed E-state index contributed by atoms with van der Waals surface area (Å²) in [6.07, 6.45) is 4.96. The van der Waals surface area contributed by atoms with E-state index in [-0.39, 0.29) is 24.0 Å². The fourth-order valence-corrected chi connectivity index (χ4v) is 4.01. The van der Waals surface area contributed by atoms with E-state index in [2.05, 4.69) is 59.9 Å². The lowest BCUT2D eigenvalue weighted by atomic mass is 9.67. The zero-order chi connectivity index (χ0) is 20.7. The largest absolute Gasteiger partial charge is 0.385 e. The normalized spacial score (nSPS) is 15.3. The Labute approximate surface area is 197 Å². The van der Waals surface area contributed by atoms with E-state index in [1.165, 1.54) is 19.3 Å². The van der Waals surface area contributed by atoms with Gasteiger partial charge in [-0.3, -0.25) is 0 Å². The molecule has 0 radical (unpaired) electrons. The molecule has 1 aromatic heterocycles. The summed E-state index contributed by atoms with van der Waals surface area (Å²) in [4.78, 5) is 4.87. The molecule has 1 aliphatic carbocycles. The fraction of sp³-hybridized carbons (Fsp3) is 0.565. The Morgan fingerprint density at radius 1 is 1.23 bits per heavy atom. The Kier molecular flexibility index (Phi) is 9.61. The van der Waals surface area contributed by atoms with E-state index in [0.29, 0.717) is 12.0 Å². The number of benzene rings is 1. The first-order valence-electron chi connectivity index (χ1n) is 10.7. The van der Waals surface area contributed by atoms with E-state index in [1.807, 2.05) is 11.6 Å². The Bertz CT molecular complexity index is 829. The second-order valence-electron chi connectivity index (χ2n) is 8.11. The fourth-order valence-electron chi connectivity index (χ4n) is 4.01. The van der Waals surface area contributed by atoms with Crippen molar-refractivity contribution in [3.8, 4) is 5.69 Å². The standard InChI is InChI=1S/C23H35N5O.HI/c1-5-24-22(26-17-23(11-8-12-23)13-14-29-4)25-16-20-9-6-7-10-21(20)28-19(3)15-18(2)27-28;/h6-7,9-10,15H,5,8,11-14,16-17H2,1-4H3,(H2,24,25,26);1H. The predicted octanol–water partition coefficient (Wildman–Crippen LogP) is 4.37. The maximum Gasteiger partial charge on any atom is 0.191 e. The van der Waals surface area contributed by atoms with E-state index >= 15 is 0 Å². The van der Waals surface area contributed by atoms with Crippen molar-refractivity contribution in [1.29, 1.82) is 0 Å². The minimum Gasteiger partial charge on any atom is -0.385 e. The molecule has 0 aliphatic heterocycles. The lowest BCUT2D eigenvalue weighted by Crippen LogP contribution is -2.47. The lowest BCUT2D eigenvalue weighted by molar-refractivity contribution is 0.0732. The van der Waals surface area contributed by atoms with Gasteiger partial charge in [0.25, 0.3) is 0 Å². The van der Waals surface area contributed by atoms with Gasteiger partial charge in [-0.2, -0.15) is 5.10 Å². The molecule has 0 spiro atoms. The second kappa shape index (κ2) is 11.7. The number of halogens is 1. The summed E-state index contributed by atoms with van der Waals surface area (Å²) in [5.74, 6) is 0.874. The van der Waals surface area contributed by atoms with Gasteiger partial charge in [0, 0.05) is 32.5 Å². The number of hydrogen-bond donors (Lipinski definition) is 2. The van der Waals surface area contributed by atoms with E-state index < -0.39 is 0 Å². The van der Waals surface area contributed by atoms with Gasteiger partial charge in [0.15, 0.2) is 5.96 Å². The van der Waals surface area contributed by atoms with Gasteiger partial charge in [-0.05, 0) is 63.1 Å². The summed E-state index contributed by atoms with van der Waals surface area (Å²) in [5.41, 5.74) is 4.77. The number of aromatic nitrogens is 2. The molecule has 1 aromatic carbocycles. The highest BCUT2D eigenvalue weighted by Gasteiger charge is 2.36. The number of ether oxygens (including phenoxy) is 1. The van der Waals surface area contributed by atoms with Crippen LogP contribution in [0.25, 0.3) is 5.69 Å². The topological polar surface area (TPSA) is 63.5 Å². The molecule has 0 saturated heterocycles. The third-order valence-electron chi connectivity index (χ3n) is 5.86. The number of nitrogens with zero attached hydrogens (tertiary/aromatic N) is 3. The molecular weight excluding hydrogens is 489 g/mol. The Hall–Kier alpha value is -1.61. The van der Waals surface area contributed by atoms with E-state index in [9.17, 15) is 0 Å². The number of rotatable bonds is 9. The van der Waals surface area contributed by atoms with Crippen LogP contribution in [0.15, 0.2) is 35.3 Å². The van der Waals surface area contributed by atoms with Gasteiger partial charge in [-0.25, -0.2) is 9.67 Å². The van der Waals surface area contributed by atoms with Crippen LogP contribution in [0.1, 0.15) is 49.6 Å². The number of guanidine groups is 1. The van der Waals surface area contributed by atoms with Crippen molar-refractivity contribution in [2.24, 2.45) is 10.4 Å². The molecule has 6 nitrogen and oxygen atoms in total. The number of aryl methyl sites for hydroxylation is 2. The Balaban J connectivity index is 0.00000320. The molecule has 0 unspecified atom stereocenters. The van der Waals surface area contributed by atoms with Crippen molar-refractivity contribution in [3.63, 3.8) is 0 Å². The molecule has 1 aliphatic rings. The highest BCUT2D eigenvalue weighted by Crippen LogP contribution is 2.43. The van der Waals surface area contributed by atoms with Crippen LogP contribution in [-0.2, 0) is 11.3 Å². The molecule has 0 bridgehead atoms. The average Bonchev–Trinajstić information content (AvgIpc) is 3.03. The first-order valence-corrected chi connectivity index (χ1v) is 10.7. The SMILES string of the molecule is CCNC(=NCc1ccccc1-n1nc(C)cc1C)NCC1(CCOC)CCC1.I. The summed E-state index contributed by atoms with van der Waals surface area (Å²) in [5, 5.41) is 11.6. The first-order chi connectivity index (χ1) is 14.1. The van der Waals surface area contributed by atoms with Crippen molar-refractivity contribution >= 4 is 29.9 Å². The van der Waals surface area contributed by atoms with Gasteiger partial charge >= 0.3 is 0 Å². The summed E-state index contributed by atoms with van der Waals surface area (Å²) in [6, 6.07) is 10.5.